The molecule has 6 heteroatoms. The van der Waals surface area contributed by atoms with E-state index in [-0.39, 0.29) is 40.4 Å². The summed E-state index contributed by atoms with van der Waals surface area (Å²) in [5.74, 6) is 0.245. The summed E-state index contributed by atoms with van der Waals surface area (Å²) in [6, 6.07) is 28.6. The Morgan fingerprint density at radius 3 is 1.63 bits per heavy atom. The zero-order valence-electron chi connectivity index (χ0n) is 33.0. The maximum absolute atomic E-state index is 15.0. The second-order valence-corrected chi connectivity index (χ2v) is 20.0. The van der Waals surface area contributed by atoms with Gasteiger partial charge in [0.05, 0.1) is 6.61 Å². The first-order valence-electron chi connectivity index (χ1n) is 18.3. The average molecular weight is 711 g/mol. The summed E-state index contributed by atoms with van der Waals surface area (Å²) < 4.78 is 34.5. The van der Waals surface area contributed by atoms with E-state index in [4.69, 9.17) is 13.6 Å². The van der Waals surface area contributed by atoms with Gasteiger partial charge in [-0.25, -0.2) is 4.57 Å². The number of phenols is 1. The van der Waals surface area contributed by atoms with E-state index in [2.05, 4.69) is 126 Å². The van der Waals surface area contributed by atoms with Gasteiger partial charge >= 0.3 is 7.82 Å². The summed E-state index contributed by atoms with van der Waals surface area (Å²) in [4.78, 5) is 0. The number of phosphoric ester groups is 1. The highest BCUT2D eigenvalue weighted by Gasteiger charge is 2.45. The summed E-state index contributed by atoms with van der Waals surface area (Å²) in [5.41, 5.74) is 6.62. The largest absolute Gasteiger partial charge is 0.530 e. The van der Waals surface area contributed by atoms with E-state index in [1.807, 2.05) is 48.5 Å². The lowest BCUT2D eigenvalue weighted by Gasteiger charge is -2.37. The molecule has 1 heterocycles. The minimum absolute atomic E-state index is 0.151. The van der Waals surface area contributed by atoms with Crippen LogP contribution in [0.1, 0.15) is 152 Å². The molecule has 51 heavy (non-hydrogen) atoms. The molecule has 0 bridgehead atoms. The topological polar surface area (TPSA) is 65.0 Å². The quantitative estimate of drug-likeness (QED) is 0.202. The third-order valence-electron chi connectivity index (χ3n) is 10.1. The van der Waals surface area contributed by atoms with E-state index in [0.29, 0.717) is 5.75 Å². The van der Waals surface area contributed by atoms with E-state index in [1.165, 1.54) is 0 Å². The molecule has 4 atom stereocenters. The van der Waals surface area contributed by atoms with E-state index >= 15 is 0 Å². The molecule has 1 saturated heterocycles. The summed E-state index contributed by atoms with van der Waals surface area (Å²) in [7, 11) is -4.17. The van der Waals surface area contributed by atoms with Crippen LogP contribution in [0.25, 0.3) is 0 Å². The van der Waals surface area contributed by atoms with Gasteiger partial charge in [0.2, 0.25) is 0 Å². The molecule has 0 aromatic heterocycles. The highest BCUT2D eigenvalue weighted by atomic mass is 31.2. The number of hydrogen-bond donors (Lipinski definition) is 1. The summed E-state index contributed by atoms with van der Waals surface area (Å²) in [6.07, 6.45) is -0.553. The summed E-state index contributed by atoms with van der Waals surface area (Å²) in [5, 5.41) is 12.0. The van der Waals surface area contributed by atoms with Gasteiger partial charge in [-0.05, 0) is 49.5 Å². The Labute approximate surface area is 307 Å². The Balaban J connectivity index is 1.72. The van der Waals surface area contributed by atoms with Crippen molar-refractivity contribution in [2.45, 2.75) is 130 Å². The second kappa shape index (κ2) is 13.9. The summed E-state index contributed by atoms with van der Waals surface area (Å²) in [6.45, 7) is 28.3. The molecule has 1 N–H and O–H groups in total. The van der Waals surface area contributed by atoms with Gasteiger partial charge in [-0.3, -0.25) is 9.05 Å². The molecule has 5 rings (SSSR count). The van der Waals surface area contributed by atoms with Crippen molar-refractivity contribution in [1.82, 2.24) is 0 Å². The Morgan fingerprint density at radius 2 is 1.14 bits per heavy atom. The lowest BCUT2D eigenvalue weighted by Crippen LogP contribution is -2.26. The molecule has 0 amide bonds. The SMILES string of the molecule is CC(c1cc(C(C)(C)C)cc(C(C)(C)C)c1O)c1cc(C(C)(C)C)cc(C(C)(C)C)c1OP1(=O)OCC(c2ccccc2)C(c2ccccc2)O1. The number of phosphoric acid groups is 1. The van der Waals surface area contributed by atoms with Gasteiger partial charge in [0.1, 0.15) is 17.6 Å². The Hall–Kier alpha value is -3.37. The van der Waals surface area contributed by atoms with Crippen molar-refractivity contribution in [3.05, 3.63) is 129 Å². The Morgan fingerprint density at radius 1 is 0.667 bits per heavy atom. The van der Waals surface area contributed by atoms with Gasteiger partial charge in [0.15, 0.2) is 0 Å². The molecule has 4 aromatic carbocycles. The van der Waals surface area contributed by atoms with Crippen molar-refractivity contribution in [3.63, 3.8) is 0 Å². The van der Waals surface area contributed by atoms with Crippen molar-refractivity contribution in [2.24, 2.45) is 0 Å². The first kappa shape index (κ1) is 38.9. The molecule has 1 aliphatic heterocycles. The fourth-order valence-electron chi connectivity index (χ4n) is 6.79. The molecule has 0 radical (unpaired) electrons. The Bertz CT molecular complexity index is 1890. The average Bonchev–Trinajstić information content (AvgIpc) is 3.03. The lowest BCUT2D eigenvalue weighted by molar-refractivity contribution is 0.0311. The van der Waals surface area contributed by atoms with Crippen LogP contribution in [-0.2, 0) is 35.3 Å². The summed E-state index contributed by atoms with van der Waals surface area (Å²) >= 11 is 0. The minimum Gasteiger partial charge on any atom is -0.507 e. The number of aromatic hydroxyl groups is 1. The minimum atomic E-state index is -4.17. The predicted molar refractivity (Wildman–Crippen MR) is 211 cm³/mol. The normalized spacial score (nSPS) is 21.0. The third kappa shape index (κ3) is 8.48. The monoisotopic (exact) mass is 710 g/mol. The highest BCUT2D eigenvalue weighted by molar-refractivity contribution is 7.49. The van der Waals surface area contributed by atoms with Crippen LogP contribution in [0.5, 0.6) is 11.5 Å². The van der Waals surface area contributed by atoms with Crippen molar-refractivity contribution < 1.29 is 23.2 Å². The molecule has 4 aromatic rings. The predicted octanol–water partition coefficient (Wildman–Crippen LogP) is 12.8. The van der Waals surface area contributed by atoms with E-state index in [9.17, 15) is 9.67 Å². The van der Waals surface area contributed by atoms with Gasteiger partial charge in [-0.2, -0.15) is 0 Å². The van der Waals surface area contributed by atoms with Crippen LogP contribution in [0.3, 0.4) is 0 Å². The van der Waals surface area contributed by atoms with Crippen LogP contribution in [0.2, 0.25) is 0 Å². The second-order valence-electron chi connectivity index (χ2n) is 18.4. The smallest absolute Gasteiger partial charge is 0.507 e. The number of rotatable bonds is 6. The molecular weight excluding hydrogens is 651 g/mol. The molecule has 4 unspecified atom stereocenters. The molecule has 0 saturated carbocycles. The van der Waals surface area contributed by atoms with Gasteiger partial charge in [-0.15, -0.1) is 0 Å². The number of benzene rings is 4. The van der Waals surface area contributed by atoms with Crippen molar-refractivity contribution in [3.8, 4) is 11.5 Å². The van der Waals surface area contributed by atoms with Crippen LogP contribution in [0, 0.1) is 0 Å². The number of phenolic OH excluding ortho intramolecular Hbond substituents is 1. The molecule has 0 spiro atoms. The fraction of sp³-hybridized carbons (Fsp3) is 0.467. The van der Waals surface area contributed by atoms with E-state index in [1.54, 1.807) is 0 Å². The van der Waals surface area contributed by atoms with Crippen LogP contribution >= 0.6 is 7.82 Å². The molecule has 5 nitrogen and oxygen atoms in total. The number of hydrogen-bond acceptors (Lipinski definition) is 5. The van der Waals surface area contributed by atoms with Crippen LogP contribution < -0.4 is 4.52 Å². The zero-order valence-corrected chi connectivity index (χ0v) is 33.9. The molecule has 274 valence electrons. The van der Waals surface area contributed by atoms with Crippen LogP contribution in [0.4, 0.5) is 0 Å². The molecule has 1 fully saturated rings. The molecule has 0 aliphatic carbocycles. The van der Waals surface area contributed by atoms with Gasteiger partial charge in [0.25, 0.3) is 0 Å². The van der Waals surface area contributed by atoms with Gasteiger partial charge < -0.3 is 9.63 Å². The van der Waals surface area contributed by atoms with Crippen molar-refractivity contribution in [2.75, 3.05) is 6.61 Å². The maximum atomic E-state index is 15.0. The molecule has 1 aliphatic rings. The fourth-order valence-corrected chi connectivity index (χ4v) is 8.27. The van der Waals surface area contributed by atoms with Crippen LogP contribution in [0.15, 0.2) is 84.9 Å². The standard InChI is InChI=1S/C45H59O5P/c1-29(34-24-32(42(2,3)4)26-37(39(34)46)44(8,9)10)35-25-33(43(5,6)7)27-38(45(11,12)13)41(35)50-51(47)48-28-36(30-20-16-14-17-21-30)40(49-51)31-22-18-15-19-23-31/h14-27,29,36,40,46H,28H2,1-13H3. The Kier molecular flexibility index (Phi) is 10.6. The first-order valence-corrected chi connectivity index (χ1v) is 19.7. The van der Waals surface area contributed by atoms with E-state index in [0.717, 1.165) is 44.5 Å². The van der Waals surface area contributed by atoms with Crippen molar-refractivity contribution in [1.29, 1.82) is 0 Å². The van der Waals surface area contributed by atoms with Gasteiger partial charge in [0, 0.05) is 28.5 Å². The first-order chi connectivity index (χ1) is 23.5. The lowest BCUT2D eigenvalue weighted by atomic mass is 9.74. The van der Waals surface area contributed by atoms with E-state index < -0.39 is 19.3 Å². The molecular formula is C45H59O5P. The third-order valence-corrected chi connectivity index (χ3v) is 11.5. The zero-order chi connectivity index (χ0) is 37.7. The van der Waals surface area contributed by atoms with Crippen molar-refractivity contribution >= 4 is 7.82 Å². The maximum Gasteiger partial charge on any atom is 0.530 e. The highest BCUT2D eigenvalue weighted by Crippen LogP contribution is 2.62. The van der Waals surface area contributed by atoms with Gasteiger partial charge in [-0.1, -0.05) is 175 Å². The van der Waals surface area contributed by atoms with Crippen LogP contribution in [-0.4, -0.2) is 11.7 Å².